The van der Waals surface area contributed by atoms with E-state index >= 15 is 0 Å². The van der Waals surface area contributed by atoms with E-state index in [2.05, 4.69) is 5.32 Å². The van der Waals surface area contributed by atoms with Crippen LogP contribution in [0.5, 0.6) is 0 Å². The van der Waals surface area contributed by atoms with Crippen molar-refractivity contribution in [2.24, 2.45) is 0 Å². The monoisotopic (exact) mass is 343 g/mol. The first-order valence-electron chi connectivity index (χ1n) is 6.34. The third-order valence-corrected chi connectivity index (χ3v) is 3.80. The molecule has 1 rings (SSSR count). The molecule has 118 valence electrons. The van der Waals surface area contributed by atoms with Gasteiger partial charge in [-0.2, -0.15) is 5.26 Å². The highest BCUT2D eigenvalue weighted by Crippen LogP contribution is 2.26. The van der Waals surface area contributed by atoms with Crippen molar-refractivity contribution in [3.05, 3.63) is 28.2 Å². The lowest BCUT2D eigenvalue weighted by Crippen LogP contribution is -2.54. The summed E-state index contributed by atoms with van der Waals surface area (Å²) in [6.45, 7) is 2.77. The predicted octanol–water partition coefficient (Wildman–Crippen LogP) is 3.60. The molecule has 6 nitrogen and oxygen atoms in total. The molecule has 0 spiro atoms. The molecule has 8 heteroatoms. The summed E-state index contributed by atoms with van der Waals surface area (Å²) >= 11 is 11.7. The summed E-state index contributed by atoms with van der Waals surface area (Å²) in [6, 6.07) is 5.77. The Labute approximate surface area is 138 Å². The number of hydrogen-bond donors (Lipinski definition) is 2. The van der Waals surface area contributed by atoms with Gasteiger partial charge in [0.2, 0.25) is 0 Å². The summed E-state index contributed by atoms with van der Waals surface area (Å²) in [5.41, 5.74) is -1.08. The lowest BCUT2D eigenvalue weighted by Gasteiger charge is -2.34. The van der Waals surface area contributed by atoms with Crippen LogP contribution in [0.25, 0.3) is 0 Å². The largest absolute Gasteiger partial charge is 0.480 e. The molecule has 0 saturated carbocycles. The predicted molar refractivity (Wildman–Crippen MR) is 84.1 cm³/mol. The van der Waals surface area contributed by atoms with E-state index in [0.717, 1.165) is 4.90 Å². The molecule has 2 amide bonds. The molecule has 0 fully saturated rings. The molecule has 0 aliphatic heterocycles. The van der Waals surface area contributed by atoms with Crippen LogP contribution in [0.1, 0.15) is 20.3 Å². The second-order valence-electron chi connectivity index (χ2n) is 4.98. The van der Waals surface area contributed by atoms with Crippen LogP contribution in [0.3, 0.4) is 0 Å². The van der Waals surface area contributed by atoms with Gasteiger partial charge in [-0.3, -0.25) is 0 Å². The van der Waals surface area contributed by atoms with Gasteiger partial charge in [0.25, 0.3) is 0 Å². The topological polar surface area (TPSA) is 93.4 Å². The number of nitrogens with zero attached hydrogens (tertiary/aromatic N) is 2. The molecule has 0 heterocycles. The number of nitriles is 1. The van der Waals surface area contributed by atoms with Crippen LogP contribution in [0, 0.1) is 11.3 Å². The van der Waals surface area contributed by atoms with Crippen molar-refractivity contribution in [1.82, 2.24) is 4.90 Å². The molecule has 0 unspecified atom stereocenters. The Morgan fingerprint density at radius 1 is 1.36 bits per heavy atom. The number of carbonyl (C=O) groups excluding carboxylic acids is 1. The number of carboxylic acids is 1. The fourth-order valence-corrected chi connectivity index (χ4v) is 1.98. The number of nitrogens with one attached hydrogen (secondary N) is 1. The molecule has 2 N–H and O–H groups in total. The molecule has 0 aromatic heterocycles. The Kier molecular flexibility index (Phi) is 6.03. The lowest BCUT2D eigenvalue weighted by atomic mass is 10.0. The minimum Gasteiger partial charge on any atom is -0.480 e. The summed E-state index contributed by atoms with van der Waals surface area (Å²) in [7, 11) is 0. The van der Waals surface area contributed by atoms with Crippen molar-refractivity contribution in [2.75, 3.05) is 11.9 Å². The van der Waals surface area contributed by atoms with E-state index < -0.39 is 17.5 Å². The Bertz CT molecular complexity index is 626. The molecule has 0 atom stereocenters. The molecule has 0 aliphatic rings. The minimum atomic E-state index is -1.46. The second-order valence-corrected chi connectivity index (χ2v) is 5.80. The zero-order chi connectivity index (χ0) is 16.9. The van der Waals surface area contributed by atoms with Crippen LogP contribution in [-0.2, 0) is 4.79 Å². The molecular formula is C14H15Cl2N3O3. The van der Waals surface area contributed by atoms with Crippen LogP contribution in [0.4, 0.5) is 10.5 Å². The summed E-state index contributed by atoms with van der Waals surface area (Å²) < 4.78 is 0. The molecule has 0 radical (unpaired) electrons. The van der Waals surface area contributed by atoms with Gasteiger partial charge in [-0.05, 0) is 32.0 Å². The zero-order valence-electron chi connectivity index (χ0n) is 12.1. The van der Waals surface area contributed by atoms with Gasteiger partial charge in [-0.15, -0.1) is 0 Å². The fraction of sp³-hybridized carbons (Fsp3) is 0.357. The van der Waals surface area contributed by atoms with Crippen molar-refractivity contribution in [2.45, 2.75) is 25.8 Å². The van der Waals surface area contributed by atoms with Crippen molar-refractivity contribution in [3.8, 4) is 6.07 Å². The zero-order valence-corrected chi connectivity index (χ0v) is 13.6. The van der Waals surface area contributed by atoms with Crippen molar-refractivity contribution >= 4 is 40.9 Å². The minimum absolute atomic E-state index is 0.0110. The third-order valence-electron chi connectivity index (χ3n) is 3.06. The van der Waals surface area contributed by atoms with E-state index in [0.29, 0.717) is 10.7 Å². The molecule has 0 bridgehead atoms. The molecule has 22 heavy (non-hydrogen) atoms. The fourth-order valence-electron chi connectivity index (χ4n) is 1.68. The highest BCUT2D eigenvalue weighted by Gasteiger charge is 2.37. The Morgan fingerprint density at radius 2 is 2.00 bits per heavy atom. The number of rotatable bonds is 5. The second kappa shape index (κ2) is 7.34. The molecule has 0 saturated heterocycles. The Morgan fingerprint density at radius 3 is 2.50 bits per heavy atom. The molecular weight excluding hydrogens is 329 g/mol. The summed E-state index contributed by atoms with van der Waals surface area (Å²) in [5.74, 6) is -1.17. The Hall–Kier alpha value is -1.97. The van der Waals surface area contributed by atoms with Crippen LogP contribution in [-0.4, -0.2) is 34.1 Å². The molecule has 1 aromatic carbocycles. The van der Waals surface area contributed by atoms with Gasteiger partial charge < -0.3 is 15.3 Å². The average molecular weight is 344 g/mol. The third kappa shape index (κ3) is 4.26. The van der Waals surface area contributed by atoms with Crippen molar-refractivity contribution < 1.29 is 14.7 Å². The average Bonchev–Trinajstić information content (AvgIpc) is 2.43. The number of benzene rings is 1. The van der Waals surface area contributed by atoms with Crippen molar-refractivity contribution in [3.63, 3.8) is 0 Å². The standard InChI is InChI=1S/C14H15Cl2N3O3/c1-14(2,12(20)21)19(7-3-6-17)13(22)18-9-4-5-10(15)11(16)8-9/h4-5,8H,3,7H2,1-2H3,(H,18,22)(H,20,21). The van der Waals surface area contributed by atoms with Crippen molar-refractivity contribution in [1.29, 1.82) is 5.26 Å². The van der Waals surface area contributed by atoms with Gasteiger partial charge in [0, 0.05) is 12.2 Å². The van der Waals surface area contributed by atoms with Crippen LogP contribution < -0.4 is 5.32 Å². The van der Waals surface area contributed by atoms with E-state index in [1.165, 1.54) is 26.0 Å². The van der Waals surface area contributed by atoms with Gasteiger partial charge in [0.15, 0.2) is 0 Å². The van der Waals surface area contributed by atoms with Gasteiger partial charge in [-0.1, -0.05) is 23.2 Å². The van der Waals surface area contributed by atoms with Crippen LogP contribution in [0.15, 0.2) is 18.2 Å². The number of halogens is 2. The highest BCUT2D eigenvalue weighted by atomic mass is 35.5. The van der Waals surface area contributed by atoms with Crippen LogP contribution >= 0.6 is 23.2 Å². The highest BCUT2D eigenvalue weighted by molar-refractivity contribution is 6.42. The maximum absolute atomic E-state index is 12.3. The number of anilines is 1. The van der Waals surface area contributed by atoms with Crippen LogP contribution in [0.2, 0.25) is 10.0 Å². The molecule has 0 aliphatic carbocycles. The normalized spacial score (nSPS) is 10.7. The number of aliphatic carboxylic acids is 1. The first-order valence-corrected chi connectivity index (χ1v) is 7.09. The van der Waals surface area contributed by atoms with E-state index in [-0.39, 0.29) is 18.0 Å². The van der Waals surface area contributed by atoms with Gasteiger partial charge in [-0.25, -0.2) is 9.59 Å². The smallest absolute Gasteiger partial charge is 0.329 e. The SMILES string of the molecule is CC(C)(C(=O)O)N(CCC#N)C(=O)Nc1ccc(Cl)c(Cl)c1. The van der Waals surface area contributed by atoms with Gasteiger partial charge in [0.1, 0.15) is 5.54 Å². The Balaban J connectivity index is 2.99. The van der Waals surface area contributed by atoms with Gasteiger partial charge in [0.05, 0.1) is 22.5 Å². The lowest BCUT2D eigenvalue weighted by molar-refractivity contribution is -0.147. The van der Waals surface area contributed by atoms with Gasteiger partial charge >= 0.3 is 12.0 Å². The summed E-state index contributed by atoms with van der Waals surface area (Å²) in [6.07, 6.45) is 0.0193. The quantitative estimate of drug-likeness (QED) is 0.853. The van der Waals surface area contributed by atoms with E-state index in [4.69, 9.17) is 28.5 Å². The van der Waals surface area contributed by atoms with E-state index in [1.54, 1.807) is 6.07 Å². The first-order chi connectivity index (χ1) is 10.2. The molecule has 1 aromatic rings. The first kappa shape index (κ1) is 18.1. The van der Waals surface area contributed by atoms with E-state index in [1.807, 2.05) is 6.07 Å². The van der Waals surface area contributed by atoms with E-state index in [9.17, 15) is 14.7 Å². The maximum Gasteiger partial charge on any atom is 0.329 e. The number of amides is 2. The number of urea groups is 1. The maximum atomic E-state index is 12.3. The number of carbonyl (C=O) groups is 2. The number of hydrogen-bond acceptors (Lipinski definition) is 3. The number of carboxylic acid groups (broad SMARTS) is 1. The summed E-state index contributed by atoms with van der Waals surface area (Å²) in [4.78, 5) is 24.8. The summed E-state index contributed by atoms with van der Waals surface area (Å²) in [5, 5.41) is 21.1.